The Morgan fingerprint density at radius 1 is 1.15 bits per heavy atom. The monoisotopic (exact) mass is 483 g/mol. The van der Waals surface area contributed by atoms with Gasteiger partial charge in [0.05, 0.1) is 31.1 Å². The van der Waals surface area contributed by atoms with Crippen LogP contribution in [0.1, 0.15) is 22.5 Å². The standard InChI is InChI=1S/C22H28F3N5O4/c1-33-12-4-7-26-19(31)15-28-8-10-29(11-9-28)21(32)20-18(34-2)14-30(27-20)17-6-3-5-16(13-17)22(23,24)25/h3,5-6,13-14H,4,7-12,15H2,1-2H3,(H,26,31). The van der Waals surface area contributed by atoms with Gasteiger partial charge in [0.25, 0.3) is 5.91 Å². The fraction of sp³-hybridized carbons (Fsp3) is 0.500. The molecule has 9 nitrogen and oxygen atoms in total. The predicted octanol–water partition coefficient (Wildman–Crippen LogP) is 1.81. The molecule has 0 aliphatic carbocycles. The Hall–Kier alpha value is -3.12. The first-order valence-corrected chi connectivity index (χ1v) is 10.8. The second kappa shape index (κ2) is 11.3. The second-order valence-corrected chi connectivity index (χ2v) is 7.80. The maximum Gasteiger partial charge on any atom is 0.416 e. The number of alkyl halides is 3. The quantitative estimate of drug-likeness (QED) is 0.548. The molecule has 1 aromatic heterocycles. The van der Waals surface area contributed by atoms with E-state index < -0.39 is 11.7 Å². The second-order valence-electron chi connectivity index (χ2n) is 7.80. The van der Waals surface area contributed by atoms with Crippen LogP contribution in [0.5, 0.6) is 5.75 Å². The van der Waals surface area contributed by atoms with E-state index >= 15 is 0 Å². The van der Waals surface area contributed by atoms with Gasteiger partial charge in [-0.05, 0) is 24.6 Å². The van der Waals surface area contributed by atoms with E-state index in [-0.39, 0.29) is 35.5 Å². The normalized spacial score (nSPS) is 14.8. The number of rotatable bonds is 9. The molecular weight excluding hydrogens is 455 g/mol. The molecule has 1 N–H and O–H groups in total. The molecule has 12 heteroatoms. The molecule has 186 valence electrons. The number of benzene rings is 1. The van der Waals surface area contributed by atoms with Crippen molar-refractivity contribution in [1.82, 2.24) is 24.9 Å². The Kier molecular flexibility index (Phi) is 8.51. The summed E-state index contributed by atoms with van der Waals surface area (Å²) in [7, 11) is 2.97. The predicted molar refractivity (Wildman–Crippen MR) is 117 cm³/mol. The average Bonchev–Trinajstić information content (AvgIpc) is 3.26. The van der Waals surface area contributed by atoms with E-state index in [1.807, 2.05) is 4.90 Å². The third-order valence-electron chi connectivity index (χ3n) is 5.42. The summed E-state index contributed by atoms with van der Waals surface area (Å²) in [5.41, 5.74) is -0.635. The van der Waals surface area contributed by atoms with Crippen LogP contribution in [0.4, 0.5) is 13.2 Å². The number of carbonyl (C=O) groups is 2. The van der Waals surface area contributed by atoms with Crippen molar-refractivity contribution in [2.75, 3.05) is 60.1 Å². The SMILES string of the molecule is COCCCNC(=O)CN1CCN(C(=O)c2nn(-c3cccc(C(F)(F)F)c3)cc2OC)CC1. The van der Waals surface area contributed by atoms with Crippen LogP contribution in [-0.2, 0) is 15.7 Å². The molecule has 2 amide bonds. The van der Waals surface area contributed by atoms with Crippen molar-refractivity contribution in [3.8, 4) is 11.4 Å². The van der Waals surface area contributed by atoms with Gasteiger partial charge >= 0.3 is 6.18 Å². The van der Waals surface area contributed by atoms with Gasteiger partial charge in [-0.25, -0.2) is 4.68 Å². The minimum Gasteiger partial charge on any atom is -0.493 e. The zero-order valence-corrected chi connectivity index (χ0v) is 19.1. The molecule has 0 saturated carbocycles. The number of hydrogen-bond acceptors (Lipinski definition) is 6. The molecule has 1 saturated heterocycles. The first-order valence-electron chi connectivity index (χ1n) is 10.8. The van der Waals surface area contributed by atoms with Gasteiger partial charge in [-0.3, -0.25) is 14.5 Å². The summed E-state index contributed by atoms with van der Waals surface area (Å²) in [6.45, 7) is 3.14. The summed E-state index contributed by atoms with van der Waals surface area (Å²) in [6, 6.07) is 4.67. The van der Waals surface area contributed by atoms with Crippen LogP contribution >= 0.6 is 0 Å². The summed E-state index contributed by atoms with van der Waals surface area (Å²) in [6.07, 6.45) is -2.38. The van der Waals surface area contributed by atoms with Crippen LogP contribution in [0.15, 0.2) is 30.5 Å². The number of ether oxygens (including phenoxy) is 2. The highest BCUT2D eigenvalue weighted by molar-refractivity contribution is 5.95. The number of halogens is 3. The molecule has 0 atom stereocenters. The van der Waals surface area contributed by atoms with E-state index in [2.05, 4.69) is 10.4 Å². The van der Waals surface area contributed by atoms with E-state index in [1.54, 1.807) is 12.0 Å². The van der Waals surface area contributed by atoms with Gasteiger partial charge in [0.15, 0.2) is 11.4 Å². The summed E-state index contributed by atoms with van der Waals surface area (Å²) in [5.74, 6) is -0.302. The lowest BCUT2D eigenvalue weighted by atomic mass is 10.2. The van der Waals surface area contributed by atoms with Gasteiger partial charge in [-0.15, -0.1) is 0 Å². The van der Waals surface area contributed by atoms with Crippen molar-refractivity contribution in [2.45, 2.75) is 12.6 Å². The summed E-state index contributed by atoms with van der Waals surface area (Å²) < 4.78 is 50.6. The average molecular weight is 483 g/mol. The molecule has 0 unspecified atom stereocenters. The van der Waals surface area contributed by atoms with Crippen LogP contribution in [0.3, 0.4) is 0 Å². The Morgan fingerprint density at radius 2 is 1.88 bits per heavy atom. The molecule has 2 heterocycles. The number of nitrogens with one attached hydrogen (secondary N) is 1. The van der Waals surface area contributed by atoms with Crippen LogP contribution in [0, 0.1) is 0 Å². The number of carbonyl (C=O) groups excluding carboxylic acids is 2. The Bertz CT molecular complexity index is 987. The molecule has 0 radical (unpaired) electrons. The van der Waals surface area contributed by atoms with Crippen LogP contribution < -0.4 is 10.1 Å². The summed E-state index contributed by atoms with van der Waals surface area (Å²) >= 11 is 0. The number of hydrogen-bond donors (Lipinski definition) is 1. The molecule has 3 rings (SSSR count). The van der Waals surface area contributed by atoms with Crippen molar-refractivity contribution in [2.24, 2.45) is 0 Å². The van der Waals surface area contributed by atoms with Gasteiger partial charge in [0.2, 0.25) is 5.91 Å². The van der Waals surface area contributed by atoms with E-state index in [0.717, 1.165) is 18.6 Å². The molecule has 0 bridgehead atoms. The van der Waals surface area contributed by atoms with Crippen molar-refractivity contribution in [3.63, 3.8) is 0 Å². The minimum atomic E-state index is -4.49. The molecule has 1 fully saturated rings. The third-order valence-corrected chi connectivity index (χ3v) is 5.42. The Morgan fingerprint density at radius 3 is 2.53 bits per heavy atom. The summed E-state index contributed by atoms with van der Waals surface area (Å²) in [4.78, 5) is 28.7. The fourth-order valence-electron chi connectivity index (χ4n) is 3.57. The van der Waals surface area contributed by atoms with Crippen LogP contribution in [0.2, 0.25) is 0 Å². The zero-order chi connectivity index (χ0) is 24.7. The van der Waals surface area contributed by atoms with E-state index in [1.165, 1.54) is 30.1 Å². The number of methoxy groups -OCH3 is 2. The Labute approximate surface area is 195 Å². The van der Waals surface area contributed by atoms with Gasteiger partial charge < -0.3 is 19.7 Å². The van der Waals surface area contributed by atoms with E-state index in [0.29, 0.717) is 39.3 Å². The smallest absolute Gasteiger partial charge is 0.416 e. The topological polar surface area (TPSA) is 88.9 Å². The van der Waals surface area contributed by atoms with Crippen molar-refractivity contribution < 1.29 is 32.2 Å². The molecule has 0 spiro atoms. The maximum atomic E-state index is 13.1. The van der Waals surface area contributed by atoms with Crippen molar-refractivity contribution in [1.29, 1.82) is 0 Å². The summed E-state index contributed by atoms with van der Waals surface area (Å²) in [5, 5.41) is 7.04. The zero-order valence-electron chi connectivity index (χ0n) is 19.1. The molecule has 1 aromatic carbocycles. The lowest BCUT2D eigenvalue weighted by molar-refractivity contribution is -0.137. The van der Waals surface area contributed by atoms with Crippen LogP contribution in [-0.4, -0.2) is 91.5 Å². The van der Waals surface area contributed by atoms with E-state index in [4.69, 9.17) is 9.47 Å². The highest BCUT2D eigenvalue weighted by Gasteiger charge is 2.31. The largest absolute Gasteiger partial charge is 0.493 e. The number of piperazine rings is 1. The highest BCUT2D eigenvalue weighted by atomic mass is 19.4. The molecule has 34 heavy (non-hydrogen) atoms. The number of nitrogens with zero attached hydrogens (tertiary/aromatic N) is 4. The number of aromatic nitrogens is 2. The molecule has 2 aromatic rings. The van der Waals surface area contributed by atoms with Gasteiger partial charge in [0.1, 0.15) is 0 Å². The Balaban J connectivity index is 1.62. The van der Waals surface area contributed by atoms with Gasteiger partial charge in [-0.2, -0.15) is 18.3 Å². The lowest BCUT2D eigenvalue weighted by Gasteiger charge is -2.34. The van der Waals surface area contributed by atoms with Gasteiger partial charge in [-0.1, -0.05) is 6.07 Å². The molecule has 1 aliphatic heterocycles. The van der Waals surface area contributed by atoms with Crippen LogP contribution in [0.25, 0.3) is 5.69 Å². The van der Waals surface area contributed by atoms with E-state index in [9.17, 15) is 22.8 Å². The fourth-order valence-corrected chi connectivity index (χ4v) is 3.57. The molecule has 1 aliphatic rings. The number of amides is 2. The van der Waals surface area contributed by atoms with Crippen molar-refractivity contribution in [3.05, 3.63) is 41.7 Å². The first-order chi connectivity index (χ1) is 16.2. The highest BCUT2D eigenvalue weighted by Crippen LogP contribution is 2.31. The first kappa shape index (κ1) is 25.5. The third kappa shape index (κ3) is 6.48. The van der Waals surface area contributed by atoms with Crippen molar-refractivity contribution >= 4 is 11.8 Å². The molecular formula is C22H28F3N5O4. The van der Waals surface area contributed by atoms with Gasteiger partial charge in [0, 0.05) is 46.4 Å². The lowest BCUT2D eigenvalue weighted by Crippen LogP contribution is -2.51. The maximum absolute atomic E-state index is 13.1. The minimum absolute atomic E-state index is 0.0178.